The highest BCUT2D eigenvalue weighted by atomic mass is 32.2. The molecule has 2 fully saturated rings. The molecule has 2 aromatic carbocycles. The van der Waals surface area contributed by atoms with Crippen LogP contribution in [0.1, 0.15) is 47.3 Å². The standard InChI is InChI=1S/C30H35FN4O5S/c1-40-27-8-7-24(31)19-28(27)41(38,39)35-15-11-23(12-16-35)18-26-25(29(36)37)20-32-30(33-26)34-13-9-22(10-14-34)17-21-5-3-2-4-6-21/h2-8,19-20,22-23H,9-18H2,1H3,(H,36,37). The van der Waals surface area contributed by atoms with Crippen molar-refractivity contribution >= 4 is 21.9 Å². The summed E-state index contributed by atoms with van der Waals surface area (Å²) in [5, 5.41) is 9.79. The molecule has 218 valence electrons. The Hall–Kier alpha value is -3.57. The van der Waals surface area contributed by atoms with Gasteiger partial charge in [0.1, 0.15) is 16.5 Å². The lowest BCUT2D eigenvalue weighted by Crippen LogP contribution is -2.39. The molecule has 1 N–H and O–H groups in total. The summed E-state index contributed by atoms with van der Waals surface area (Å²) >= 11 is 0. The number of rotatable bonds is 9. The smallest absolute Gasteiger partial charge is 0.339 e. The van der Waals surface area contributed by atoms with E-state index in [0.29, 0.717) is 36.8 Å². The van der Waals surface area contributed by atoms with Gasteiger partial charge in [0, 0.05) is 32.4 Å². The Labute approximate surface area is 240 Å². The lowest BCUT2D eigenvalue weighted by atomic mass is 9.90. The predicted molar refractivity (Wildman–Crippen MR) is 152 cm³/mol. The van der Waals surface area contributed by atoms with Crippen molar-refractivity contribution < 1.29 is 27.4 Å². The first-order chi connectivity index (χ1) is 19.7. The Morgan fingerprint density at radius 2 is 1.66 bits per heavy atom. The number of aromatic carboxylic acids is 1. The summed E-state index contributed by atoms with van der Waals surface area (Å²) < 4.78 is 46.9. The van der Waals surface area contributed by atoms with Crippen LogP contribution in [0.2, 0.25) is 0 Å². The van der Waals surface area contributed by atoms with Crippen molar-refractivity contribution in [3.63, 3.8) is 0 Å². The van der Waals surface area contributed by atoms with Gasteiger partial charge in [-0.2, -0.15) is 4.31 Å². The van der Waals surface area contributed by atoms with Gasteiger partial charge in [0.2, 0.25) is 16.0 Å². The number of anilines is 1. The second kappa shape index (κ2) is 12.5. The Balaban J connectivity index is 1.23. The maximum Gasteiger partial charge on any atom is 0.339 e. The van der Waals surface area contributed by atoms with E-state index in [1.54, 1.807) is 0 Å². The minimum atomic E-state index is -3.95. The lowest BCUT2D eigenvalue weighted by molar-refractivity contribution is 0.0694. The fraction of sp³-hybridized carbons (Fsp3) is 0.433. The van der Waals surface area contributed by atoms with Gasteiger partial charge in [0.05, 0.1) is 18.4 Å². The molecule has 11 heteroatoms. The third kappa shape index (κ3) is 6.68. The number of halogens is 1. The molecule has 0 unspecified atom stereocenters. The van der Waals surface area contributed by atoms with Crippen molar-refractivity contribution in [3.05, 3.63) is 77.4 Å². The second-order valence-corrected chi connectivity index (χ2v) is 12.7. The van der Waals surface area contributed by atoms with Crippen LogP contribution in [-0.4, -0.2) is 67.1 Å². The van der Waals surface area contributed by atoms with Crippen molar-refractivity contribution in [1.29, 1.82) is 0 Å². The molecule has 41 heavy (non-hydrogen) atoms. The van der Waals surface area contributed by atoms with E-state index in [4.69, 9.17) is 9.72 Å². The molecule has 2 saturated heterocycles. The summed E-state index contributed by atoms with van der Waals surface area (Å²) in [4.78, 5) is 23.0. The van der Waals surface area contributed by atoms with Gasteiger partial charge in [-0.25, -0.2) is 27.6 Å². The number of hydrogen-bond donors (Lipinski definition) is 1. The van der Waals surface area contributed by atoms with Crippen LogP contribution in [0.25, 0.3) is 0 Å². The van der Waals surface area contributed by atoms with Crippen LogP contribution >= 0.6 is 0 Å². The van der Waals surface area contributed by atoms with Crippen molar-refractivity contribution in [1.82, 2.24) is 14.3 Å². The van der Waals surface area contributed by atoms with Crippen LogP contribution in [0.5, 0.6) is 5.75 Å². The molecule has 2 aliphatic heterocycles. The molecule has 0 spiro atoms. The van der Waals surface area contributed by atoms with E-state index in [2.05, 4.69) is 34.1 Å². The normalized spacial score (nSPS) is 17.5. The van der Waals surface area contributed by atoms with Crippen molar-refractivity contribution in [2.24, 2.45) is 11.8 Å². The third-order valence-electron chi connectivity index (χ3n) is 8.15. The number of sulfonamides is 1. The first-order valence-corrected chi connectivity index (χ1v) is 15.4. The third-order valence-corrected chi connectivity index (χ3v) is 10.1. The zero-order valence-electron chi connectivity index (χ0n) is 23.1. The molecule has 3 heterocycles. The number of aromatic nitrogens is 2. The number of carboxylic acid groups (broad SMARTS) is 1. The Morgan fingerprint density at radius 3 is 2.32 bits per heavy atom. The average Bonchev–Trinajstić information content (AvgIpc) is 2.98. The van der Waals surface area contributed by atoms with Crippen LogP contribution < -0.4 is 9.64 Å². The number of benzene rings is 2. The summed E-state index contributed by atoms with van der Waals surface area (Å²) in [6.45, 7) is 2.09. The first-order valence-electron chi connectivity index (χ1n) is 14.0. The van der Waals surface area contributed by atoms with Gasteiger partial charge in [0.25, 0.3) is 0 Å². The van der Waals surface area contributed by atoms with Gasteiger partial charge in [-0.05, 0) is 74.1 Å². The van der Waals surface area contributed by atoms with Gasteiger partial charge in [-0.15, -0.1) is 0 Å². The average molecular weight is 583 g/mol. The Bertz CT molecular complexity index is 1470. The molecule has 2 aliphatic rings. The molecule has 1 aromatic heterocycles. The van der Waals surface area contributed by atoms with Crippen LogP contribution in [0.3, 0.4) is 0 Å². The van der Waals surface area contributed by atoms with Crippen molar-refractivity contribution in [2.45, 2.75) is 43.4 Å². The lowest BCUT2D eigenvalue weighted by Gasteiger charge is -2.33. The topological polar surface area (TPSA) is 113 Å². The van der Waals surface area contributed by atoms with Crippen LogP contribution in [0.15, 0.2) is 59.6 Å². The number of nitrogens with zero attached hydrogens (tertiary/aromatic N) is 4. The molecule has 5 rings (SSSR count). The molecular formula is C30H35FN4O5S. The number of carboxylic acids is 1. The zero-order chi connectivity index (χ0) is 29.0. The number of methoxy groups -OCH3 is 1. The van der Waals surface area contributed by atoms with E-state index in [1.165, 1.54) is 29.2 Å². The number of hydrogen-bond acceptors (Lipinski definition) is 7. The minimum absolute atomic E-state index is 0.0494. The second-order valence-electron chi connectivity index (χ2n) is 10.8. The quantitative estimate of drug-likeness (QED) is 0.395. The number of carbonyl (C=O) groups is 1. The Kier molecular flexibility index (Phi) is 8.84. The molecule has 9 nitrogen and oxygen atoms in total. The minimum Gasteiger partial charge on any atom is -0.495 e. The van der Waals surface area contributed by atoms with Crippen LogP contribution in [-0.2, 0) is 22.9 Å². The highest BCUT2D eigenvalue weighted by Crippen LogP contribution is 2.32. The molecule has 0 amide bonds. The van der Waals surface area contributed by atoms with Crippen LogP contribution in [0, 0.1) is 17.7 Å². The summed E-state index contributed by atoms with van der Waals surface area (Å²) in [5.41, 5.74) is 1.89. The largest absolute Gasteiger partial charge is 0.495 e. The number of piperidine rings is 2. The van der Waals surface area contributed by atoms with Crippen LogP contribution in [0.4, 0.5) is 10.3 Å². The fourth-order valence-electron chi connectivity index (χ4n) is 5.80. The van der Waals surface area contributed by atoms with E-state index >= 15 is 0 Å². The number of ether oxygens (including phenoxy) is 1. The van der Waals surface area contributed by atoms with Gasteiger partial charge in [0.15, 0.2) is 0 Å². The first kappa shape index (κ1) is 28.9. The summed E-state index contributed by atoms with van der Waals surface area (Å²) in [5.74, 6) is -0.459. The predicted octanol–water partition coefficient (Wildman–Crippen LogP) is 4.43. The van der Waals surface area contributed by atoms with E-state index in [9.17, 15) is 22.7 Å². The van der Waals surface area contributed by atoms with Crippen molar-refractivity contribution in [2.75, 3.05) is 38.2 Å². The highest BCUT2D eigenvalue weighted by molar-refractivity contribution is 7.89. The van der Waals surface area contributed by atoms with E-state index in [-0.39, 0.29) is 35.2 Å². The van der Waals surface area contributed by atoms with Crippen molar-refractivity contribution in [3.8, 4) is 5.75 Å². The maximum atomic E-state index is 13.9. The van der Waals surface area contributed by atoms with Gasteiger partial charge < -0.3 is 14.7 Å². The molecule has 0 aliphatic carbocycles. The van der Waals surface area contributed by atoms with E-state index in [1.807, 2.05) is 6.07 Å². The summed E-state index contributed by atoms with van der Waals surface area (Å²) in [6.07, 6.45) is 5.93. The van der Waals surface area contributed by atoms with Gasteiger partial charge in [-0.3, -0.25) is 0 Å². The molecule has 0 bridgehead atoms. The van der Waals surface area contributed by atoms with Gasteiger partial charge >= 0.3 is 5.97 Å². The SMILES string of the molecule is COc1ccc(F)cc1S(=O)(=O)N1CCC(Cc2nc(N3CCC(Cc4ccccc4)CC3)ncc2C(=O)O)CC1. The fourth-order valence-corrected chi connectivity index (χ4v) is 7.43. The van der Waals surface area contributed by atoms with E-state index in [0.717, 1.165) is 44.5 Å². The maximum absolute atomic E-state index is 13.9. The molecule has 0 radical (unpaired) electrons. The zero-order valence-corrected chi connectivity index (χ0v) is 23.9. The van der Waals surface area contributed by atoms with E-state index < -0.39 is 21.8 Å². The molecular weight excluding hydrogens is 547 g/mol. The summed E-state index contributed by atoms with van der Waals surface area (Å²) in [6, 6.07) is 13.9. The summed E-state index contributed by atoms with van der Waals surface area (Å²) in [7, 11) is -2.60. The molecule has 3 aromatic rings. The van der Waals surface area contributed by atoms with Gasteiger partial charge in [-0.1, -0.05) is 30.3 Å². The molecule has 0 atom stereocenters. The Morgan fingerprint density at radius 1 is 1.00 bits per heavy atom. The molecule has 0 saturated carbocycles. The highest BCUT2D eigenvalue weighted by Gasteiger charge is 2.33. The monoisotopic (exact) mass is 582 g/mol.